The Hall–Kier alpha value is -0.140. The van der Waals surface area contributed by atoms with Crippen molar-refractivity contribution in [3.63, 3.8) is 0 Å². The number of nitrogens with zero attached hydrogens (tertiary/aromatic N) is 1. The molecule has 0 saturated heterocycles. The van der Waals surface area contributed by atoms with E-state index in [0.29, 0.717) is 28.2 Å². The van der Waals surface area contributed by atoms with E-state index in [1.54, 1.807) is 12.1 Å². The first-order valence-corrected chi connectivity index (χ1v) is 8.82. The van der Waals surface area contributed by atoms with Gasteiger partial charge in [0.05, 0.1) is 4.34 Å². The quantitative estimate of drug-likeness (QED) is 0.838. The minimum absolute atomic E-state index is 0.247. The Morgan fingerprint density at radius 3 is 2.47 bits per heavy atom. The first-order chi connectivity index (χ1) is 8.73. The van der Waals surface area contributed by atoms with Crippen molar-refractivity contribution in [2.75, 3.05) is 19.6 Å². The van der Waals surface area contributed by atoms with E-state index in [0.717, 1.165) is 17.8 Å². The van der Waals surface area contributed by atoms with Crippen molar-refractivity contribution in [1.29, 1.82) is 0 Å². The molecule has 19 heavy (non-hydrogen) atoms. The monoisotopic (exact) mass is 324 g/mol. The van der Waals surface area contributed by atoms with Crippen LogP contribution in [0.3, 0.4) is 0 Å². The van der Waals surface area contributed by atoms with E-state index >= 15 is 0 Å². The molecule has 0 bridgehead atoms. The van der Waals surface area contributed by atoms with Gasteiger partial charge in [-0.15, -0.1) is 11.3 Å². The van der Waals surface area contributed by atoms with Crippen LogP contribution in [0.25, 0.3) is 0 Å². The SMILES string of the molecule is CCCN(CC(C)(C)CN)S(=O)(=O)c1ccc(Cl)s1. The second kappa shape index (κ2) is 6.54. The maximum Gasteiger partial charge on any atom is 0.252 e. The predicted molar refractivity (Wildman–Crippen MR) is 81.2 cm³/mol. The minimum Gasteiger partial charge on any atom is -0.330 e. The normalized spacial score (nSPS) is 13.2. The lowest BCUT2D eigenvalue weighted by molar-refractivity contribution is 0.267. The third-order valence-corrected chi connectivity index (χ3v) is 6.32. The van der Waals surface area contributed by atoms with Gasteiger partial charge in [-0.2, -0.15) is 4.31 Å². The third kappa shape index (κ3) is 4.43. The molecule has 0 radical (unpaired) electrons. The Balaban J connectivity index is 3.04. The van der Waals surface area contributed by atoms with Crippen molar-refractivity contribution in [3.8, 4) is 0 Å². The molecule has 110 valence electrons. The molecule has 7 heteroatoms. The molecular formula is C12H21ClN2O2S2. The number of thiophene rings is 1. The fourth-order valence-corrected chi connectivity index (χ4v) is 5.00. The molecule has 0 atom stereocenters. The van der Waals surface area contributed by atoms with E-state index in [1.165, 1.54) is 4.31 Å². The van der Waals surface area contributed by atoms with Gasteiger partial charge >= 0.3 is 0 Å². The number of halogens is 1. The molecule has 2 N–H and O–H groups in total. The zero-order chi connectivity index (χ0) is 14.7. The van der Waals surface area contributed by atoms with Crippen molar-refractivity contribution in [2.45, 2.75) is 31.4 Å². The van der Waals surface area contributed by atoms with Crippen LogP contribution in [0.4, 0.5) is 0 Å². The van der Waals surface area contributed by atoms with Crippen LogP contribution in [0.5, 0.6) is 0 Å². The summed E-state index contributed by atoms with van der Waals surface area (Å²) in [7, 11) is -3.47. The average molecular weight is 325 g/mol. The maximum atomic E-state index is 12.6. The topological polar surface area (TPSA) is 63.4 Å². The number of sulfonamides is 1. The Labute approximate surface area is 124 Å². The highest BCUT2D eigenvalue weighted by Crippen LogP contribution is 2.29. The summed E-state index contributed by atoms with van der Waals surface area (Å²) in [5.74, 6) is 0. The summed E-state index contributed by atoms with van der Waals surface area (Å²) in [4.78, 5) is 0. The van der Waals surface area contributed by atoms with E-state index in [2.05, 4.69) is 0 Å². The van der Waals surface area contributed by atoms with Gasteiger partial charge < -0.3 is 5.73 Å². The molecule has 4 nitrogen and oxygen atoms in total. The molecule has 1 heterocycles. The van der Waals surface area contributed by atoms with Crippen LogP contribution in [0.15, 0.2) is 16.3 Å². The fourth-order valence-electron chi connectivity index (χ4n) is 1.64. The summed E-state index contributed by atoms with van der Waals surface area (Å²) >= 11 is 6.91. The van der Waals surface area contributed by atoms with Crippen molar-refractivity contribution >= 4 is 33.0 Å². The van der Waals surface area contributed by atoms with Crippen molar-refractivity contribution in [2.24, 2.45) is 11.1 Å². The van der Waals surface area contributed by atoms with Crippen LogP contribution < -0.4 is 5.73 Å². The summed E-state index contributed by atoms with van der Waals surface area (Å²) in [6.07, 6.45) is 0.763. The molecule has 0 aromatic carbocycles. The smallest absolute Gasteiger partial charge is 0.252 e. The molecule has 0 spiro atoms. The average Bonchev–Trinajstić information content (AvgIpc) is 2.76. The highest BCUT2D eigenvalue weighted by Gasteiger charge is 2.30. The van der Waals surface area contributed by atoms with Crippen molar-refractivity contribution in [1.82, 2.24) is 4.31 Å². The zero-order valence-electron chi connectivity index (χ0n) is 11.5. The zero-order valence-corrected chi connectivity index (χ0v) is 13.9. The van der Waals surface area contributed by atoms with Crippen LogP contribution in [-0.4, -0.2) is 32.4 Å². The van der Waals surface area contributed by atoms with E-state index in [1.807, 2.05) is 20.8 Å². The second-order valence-corrected chi connectivity index (χ2v) is 9.15. The molecular weight excluding hydrogens is 304 g/mol. The summed E-state index contributed by atoms with van der Waals surface area (Å²) in [5.41, 5.74) is 5.45. The summed E-state index contributed by atoms with van der Waals surface area (Å²) < 4.78 is 27.4. The lowest BCUT2D eigenvalue weighted by atomic mass is 9.94. The van der Waals surface area contributed by atoms with E-state index in [4.69, 9.17) is 17.3 Å². The molecule has 1 aromatic heterocycles. The molecule has 1 rings (SSSR count). The standard InChI is InChI=1S/C12H21ClN2O2S2/c1-4-7-15(9-12(2,3)8-14)19(16,17)11-6-5-10(13)18-11/h5-6H,4,7-9,14H2,1-3H3. The molecule has 0 aliphatic carbocycles. The third-order valence-electron chi connectivity index (χ3n) is 2.77. The largest absolute Gasteiger partial charge is 0.330 e. The van der Waals surface area contributed by atoms with Crippen LogP contribution >= 0.6 is 22.9 Å². The summed E-state index contributed by atoms with van der Waals surface area (Å²) in [5, 5.41) is 0. The molecule has 0 amide bonds. The molecule has 0 saturated carbocycles. The van der Waals surface area contributed by atoms with Gasteiger partial charge in [-0.3, -0.25) is 0 Å². The van der Waals surface area contributed by atoms with Gasteiger partial charge in [-0.05, 0) is 30.5 Å². The molecule has 0 aliphatic heterocycles. The Bertz CT molecular complexity index is 512. The van der Waals surface area contributed by atoms with Gasteiger partial charge in [0.2, 0.25) is 0 Å². The number of nitrogens with two attached hydrogens (primary N) is 1. The highest BCUT2D eigenvalue weighted by atomic mass is 35.5. The van der Waals surface area contributed by atoms with Gasteiger partial charge in [-0.1, -0.05) is 32.4 Å². The summed E-state index contributed by atoms with van der Waals surface area (Å²) in [6, 6.07) is 3.16. The number of hydrogen-bond acceptors (Lipinski definition) is 4. The van der Waals surface area contributed by atoms with Crippen molar-refractivity contribution < 1.29 is 8.42 Å². The number of hydrogen-bond donors (Lipinski definition) is 1. The molecule has 0 fully saturated rings. The lowest BCUT2D eigenvalue weighted by Crippen LogP contribution is -2.42. The maximum absolute atomic E-state index is 12.6. The van der Waals surface area contributed by atoms with Gasteiger partial charge in [0, 0.05) is 13.1 Å². The molecule has 0 unspecified atom stereocenters. The van der Waals surface area contributed by atoms with E-state index in [-0.39, 0.29) is 5.41 Å². The number of rotatable bonds is 7. The Morgan fingerprint density at radius 2 is 2.05 bits per heavy atom. The van der Waals surface area contributed by atoms with Crippen LogP contribution in [0.1, 0.15) is 27.2 Å². The second-order valence-electron chi connectivity index (χ2n) is 5.27. The van der Waals surface area contributed by atoms with Gasteiger partial charge in [0.25, 0.3) is 10.0 Å². The first kappa shape index (κ1) is 16.9. The Morgan fingerprint density at radius 1 is 1.42 bits per heavy atom. The summed E-state index contributed by atoms with van der Waals surface area (Å²) in [6.45, 7) is 7.23. The van der Waals surface area contributed by atoms with Crippen LogP contribution in [0, 0.1) is 5.41 Å². The van der Waals surface area contributed by atoms with Crippen LogP contribution in [-0.2, 0) is 10.0 Å². The lowest BCUT2D eigenvalue weighted by Gasteiger charge is -2.30. The molecule has 0 aliphatic rings. The van der Waals surface area contributed by atoms with Gasteiger partial charge in [0.1, 0.15) is 4.21 Å². The predicted octanol–water partition coefficient (Wildman–Crippen LogP) is 2.79. The minimum atomic E-state index is -3.47. The molecule has 1 aromatic rings. The van der Waals surface area contributed by atoms with Crippen molar-refractivity contribution in [3.05, 3.63) is 16.5 Å². The first-order valence-electron chi connectivity index (χ1n) is 6.18. The Kier molecular flexibility index (Phi) is 5.82. The fraction of sp³-hybridized carbons (Fsp3) is 0.667. The van der Waals surface area contributed by atoms with Gasteiger partial charge in [-0.25, -0.2) is 8.42 Å². The highest BCUT2D eigenvalue weighted by molar-refractivity contribution is 7.91. The van der Waals surface area contributed by atoms with E-state index in [9.17, 15) is 8.42 Å². The van der Waals surface area contributed by atoms with Gasteiger partial charge in [0.15, 0.2) is 0 Å². The van der Waals surface area contributed by atoms with Crippen LogP contribution in [0.2, 0.25) is 4.34 Å². The van der Waals surface area contributed by atoms with E-state index < -0.39 is 10.0 Å².